The van der Waals surface area contributed by atoms with Crippen molar-refractivity contribution in [2.24, 2.45) is 4.36 Å². The fraction of sp³-hybridized carbons (Fsp3) is 0.440. The molecule has 0 unspecified atom stereocenters. The second kappa shape index (κ2) is 10.2. The highest BCUT2D eigenvalue weighted by Crippen LogP contribution is 2.34. The van der Waals surface area contributed by atoms with Crippen LogP contribution in [-0.2, 0) is 9.73 Å². The smallest absolute Gasteiger partial charge is 0.146 e. The zero-order chi connectivity index (χ0) is 26.1. The van der Waals surface area contributed by atoms with Crippen LogP contribution in [0.4, 0.5) is 26.0 Å². The molecule has 1 aliphatic heterocycles. The Morgan fingerprint density at radius 2 is 2.03 bits per heavy atom. The van der Waals surface area contributed by atoms with E-state index in [1.165, 1.54) is 43.1 Å². The van der Waals surface area contributed by atoms with Gasteiger partial charge in [-0.1, -0.05) is 0 Å². The molecule has 11 heteroatoms. The summed E-state index contributed by atoms with van der Waals surface area (Å²) in [5, 5.41) is 13.4. The van der Waals surface area contributed by atoms with Crippen molar-refractivity contribution in [3.05, 3.63) is 48.3 Å². The molecule has 0 aliphatic carbocycles. The molecule has 0 spiro atoms. The summed E-state index contributed by atoms with van der Waals surface area (Å²) in [4.78, 5) is 10.5. The SMILES string of the molecule is CC(C)(O)CN1CCC[C@@H](Oc2cc(F)ccc2Nc2ncnc3cc(N=S(C)(C)=O)cc(F)c23)C1. The first-order valence-corrected chi connectivity index (χ1v) is 14.0. The second-order valence-corrected chi connectivity index (χ2v) is 12.6. The van der Waals surface area contributed by atoms with Gasteiger partial charge in [-0.05, 0) is 51.4 Å². The van der Waals surface area contributed by atoms with E-state index in [4.69, 9.17) is 4.74 Å². The topological polar surface area (TPSA) is 99.9 Å². The van der Waals surface area contributed by atoms with Crippen molar-refractivity contribution in [3.8, 4) is 5.75 Å². The number of ether oxygens (including phenoxy) is 1. The lowest BCUT2D eigenvalue weighted by Crippen LogP contribution is -2.47. The molecular weight excluding hydrogens is 488 g/mol. The monoisotopic (exact) mass is 519 g/mol. The lowest BCUT2D eigenvalue weighted by Gasteiger charge is -2.36. The van der Waals surface area contributed by atoms with Crippen LogP contribution in [-0.4, -0.2) is 68.0 Å². The average Bonchev–Trinajstić information content (AvgIpc) is 2.73. The summed E-state index contributed by atoms with van der Waals surface area (Å²) in [6, 6.07) is 6.81. The molecule has 194 valence electrons. The summed E-state index contributed by atoms with van der Waals surface area (Å²) >= 11 is 0. The van der Waals surface area contributed by atoms with Gasteiger partial charge in [0, 0.05) is 47.5 Å². The molecule has 2 heterocycles. The molecule has 4 rings (SSSR count). The molecule has 3 aromatic rings. The Balaban J connectivity index is 1.62. The lowest BCUT2D eigenvalue weighted by atomic mass is 10.0. The first-order chi connectivity index (χ1) is 16.9. The third-order valence-corrected chi connectivity index (χ3v) is 6.21. The van der Waals surface area contributed by atoms with Gasteiger partial charge in [0.05, 0.1) is 27.9 Å². The molecule has 8 nitrogen and oxygen atoms in total. The second-order valence-electron chi connectivity index (χ2n) is 10.0. The number of fused-ring (bicyclic) bond motifs is 1. The van der Waals surface area contributed by atoms with Gasteiger partial charge in [-0.15, -0.1) is 0 Å². The molecule has 0 bridgehead atoms. The summed E-state index contributed by atoms with van der Waals surface area (Å²) in [5.41, 5.74) is 0.102. The van der Waals surface area contributed by atoms with Crippen LogP contribution in [0.2, 0.25) is 0 Å². The van der Waals surface area contributed by atoms with E-state index in [-0.39, 0.29) is 34.3 Å². The summed E-state index contributed by atoms with van der Waals surface area (Å²) in [6.45, 7) is 5.47. The molecule has 1 aliphatic rings. The number of benzene rings is 2. The lowest BCUT2D eigenvalue weighted by molar-refractivity contribution is 0.00739. The predicted molar refractivity (Wildman–Crippen MR) is 138 cm³/mol. The van der Waals surface area contributed by atoms with Crippen molar-refractivity contribution in [1.29, 1.82) is 0 Å². The van der Waals surface area contributed by atoms with Crippen LogP contribution in [0.3, 0.4) is 0 Å². The van der Waals surface area contributed by atoms with E-state index in [9.17, 15) is 13.7 Å². The Kier molecular flexibility index (Phi) is 7.44. The summed E-state index contributed by atoms with van der Waals surface area (Å²) in [5.74, 6) is -0.633. The summed E-state index contributed by atoms with van der Waals surface area (Å²) < 4.78 is 51.6. The number of aromatic nitrogens is 2. The molecule has 1 atom stereocenters. The minimum atomic E-state index is -2.48. The number of aliphatic hydroxyl groups is 1. The Hall–Kier alpha value is -2.89. The van der Waals surface area contributed by atoms with Crippen molar-refractivity contribution < 1.29 is 22.8 Å². The maximum atomic E-state index is 15.1. The number of piperidine rings is 1. The van der Waals surface area contributed by atoms with Gasteiger partial charge in [0.15, 0.2) is 0 Å². The first kappa shape index (κ1) is 26.2. The van der Waals surface area contributed by atoms with E-state index in [0.29, 0.717) is 18.8 Å². The molecule has 2 aromatic carbocycles. The van der Waals surface area contributed by atoms with Crippen LogP contribution in [0.5, 0.6) is 5.75 Å². The Morgan fingerprint density at radius 3 is 2.75 bits per heavy atom. The first-order valence-electron chi connectivity index (χ1n) is 11.7. The molecule has 0 saturated carbocycles. The third-order valence-electron chi connectivity index (χ3n) is 5.56. The van der Waals surface area contributed by atoms with E-state index >= 15 is 4.39 Å². The van der Waals surface area contributed by atoms with E-state index in [1.807, 2.05) is 0 Å². The van der Waals surface area contributed by atoms with E-state index in [0.717, 1.165) is 19.4 Å². The quantitative estimate of drug-likeness (QED) is 0.470. The number of halogens is 2. The largest absolute Gasteiger partial charge is 0.487 e. The number of rotatable bonds is 7. The van der Waals surface area contributed by atoms with Gasteiger partial charge >= 0.3 is 0 Å². The fourth-order valence-corrected chi connectivity index (χ4v) is 4.95. The highest BCUT2D eigenvalue weighted by molar-refractivity contribution is 7.92. The molecule has 0 amide bonds. The summed E-state index contributed by atoms with van der Waals surface area (Å²) in [6.07, 6.45) is 5.68. The van der Waals surface area contributed by atoms with E-state index < -0.39 is 27.0 Å². The van der Waals surface area contributed by atoms with Gasteiger partial charge in [-0.25, -0.2) is 23.0 Å². The molecule has 1 aromatic heterocycles. The highest BCUT2D eigenvalue weighted by Gasteiger charge is 2.26. The van der Waals surface area contributed by atoms with Gasteiger partial charge in [0.25, 0.3) is 0 Å². The zero-order valence-electron chi connectivity index (χ0n) is 20.8. The third kappa shape index (κ3) is 6.86. The van der Waals surface area contributed by atoms with Crippen molar-refractivity contribution >= 4 is 37.8 Å². The zero-order valence-corrected chi connectivity index (χ0v) is 21.6. The van der Waals surface area contributed by atoms with Crippen LogP contribution >= 0.6 is 0 Å². The average molecular weight is 520 g/mol. The van der Waals surface area contributed by atoms with Crippen LogP contribution in [0, 0.1) is 11.6 Å². The van der Waals surface area contributed by atoms with Crippen LogP contribution in [0.15, 0.2) is 41.0 Å². The van der Waals surface area contributed by atoms with Crippen molar-refractivity contribution in [1.82, 2.24) is 14.9 Å². The predicted octanol–water partition coefficient (Wildman–Crippen LogP) is 4.62. The minimum Gasteiger partial charge on any atom is -0.487 e. The molecule has 36 heavy (non-hydrogen) atoms. The highest BCUT2D eigenvalue weighted by atomic mass is 32.2. The van der Waals surface area contributed by atoms with Crippen molar-refractivity contribution in [2.75, 3.05) is 37.5 Å². The Bertz CT molecular complexity index is 1380. The van der Waals surface area contributed by atoms with Gasteiger partial charge < -0.3 is 15.2 Å². The van der Waals surface area contributed by atoms with Crippen LogP contribution in [0.1, 0.15) is 26.7 Å². The van der Waals surface area contributed by atoms with E-state index in [2.05, 4.69) is 24.5 Å². The Labute approximate surface area is 209 Å². The molecule has 2 N–H and O–H groups in total. The van der Waals surface area contributed by atoms with Gasteiger partial charge in [-0.3, -0.25) is 4.90 Å². The van der Waals surface area contributed by atoms with Gasteiger partial charge in [-0.2, -0.15) is 4.36 Å². The fourth-order valence-electron chi connectivity index (χ4n) is 4.33. The van der Waals surface area contributed by atoms with Crippen molar-refractivity contribution in [2.45, 2.75) is 38.4 Å². The number of β-amino-alcohol motifs (C(OH)–C–C–N with tert-alkyl or cyclic N) is 1. The van der Waals surface area contributed by atoms with Gasteiger partial charge in [0.1, 0.15) is 35.6 Å². The van der Waals surface area contributed by atoms with Crippen molar-refractivity contribution in [3.63, 3.8) is 0 Å². The van der Waals surface area contributed by atoms with Crippen LogP contribution in [0.25, 0.3) is 10.9 Å². The molecule has 1 saturated heterocycles. The molecular formula is C25H31F2N5O3S. The summed E-state index contributed by atoms with van der Waals surface area (Å²) in [7, 11) is -2.48. The number of nitrogens with one attached hydrogen (secondary N) is 1. The maximum Gasteiger partial charge on any atom is 0.146 e. The number of hydrogen-bond acceptors (Lipinski definition) is 8. The number of nitrogens with zero attached hydrogens (tertiary/aromatic N) is 4. The normalized spacial score (nSPS) is 17.2. The Morgan fingerprint density at radius 1 is 1.25 bits per heavy atom. The number of hydrogen-bond donors (Lipinski definition) is 2. The van der Waals surface area contributed by atoms with E-state index in [1.54, 1.807) is 19.9 Å². The maximum absolute atomic E-state index is 15.1. The molecule has 1 fully saturated rings. The number of likely N-dealkylation sites (tertiary alicyclic amines) is 1. The number of anilines is 2. The standard InChI is InChI=1S/C25H31F2N5O3S/c1-25(2,33)14-32-9-5-6-18(13-32)35-22-10-16(26)7-8-20(22)30-24-23-19(27)11-17(31-36(3,4)34)12-21(23)28-15-29-24/h7-8,10-12,15,18,33H,5-6,9,13-14H2,1-4H3,(H,28,29,30)/t18-/m1/s1. The minimum absolute atomic E-state index is 0.124. The van der Waals surface area contributed by atoms with Crippen LogP contribution < -0.4 is 10.1 Å². The van der Waals surface area contributed by atoms with Gasteiger partial charge in [0.2, 0.25) is 0 Å². The molecule has 0 radical (unpaired) electrons.